The fraction of sp³-hybridized carbons (Fsp3) is 0.556. The van der Waals surface area contributed by atoms with Crippen LogP contribution in [0.15, 0.2) is 24.3 Å². The maximum absolute atomic E-state index is 12.1. The Kier molecular flexibility index (Phi) is 8.48. The highest BCUT2D eigenvalue weighted by molar-refractivity contribution is 8.77. The Morgan fingerprint density at radius 1 is 1.28 bits per heavy atom. The van der Waals surface area contributed by atoms with Crippen molar-refractivity contribution in [1.29, 1.82) is 0 Å². The van der Waals surface area contributed by atoms with Crippen molar-refractivity contribution in [1.82, 2.24) is 0 Å². The number of hydrogen-bond acceptors (Lipinski definition) is 6. The Morgan fingerprint density at radius 2 is 2.04 bits per heavy atom. The molecule has 0 spiro atoms. The SMILES string of the molecule is COc1ccc(NC(=O)[C@@H](C)OC(=O)CCCC[C@H]2CCSS2)cc1. The van der Waals surface area contributed by atoms with Gasteiger partial charge in [-0.1, -0.05) is 28.0 Å². The highest BCUT2D eigenvalue weighted by Gasteiger charge is 2.19. The summed E-state index contributed by atoms with van der Waals surface area (Å²) in [6.45, 7) is 1.59. The number of carbonyl (C=O) groups is 2. The first-order chi connectivity index (χ1) is 12.1. The molecule has 1 aromatic carbocycles. The topological polar surface area (TPSA) is 64.6 Å². The molecule has 0 bridgehead atoms. The standard InChI is InChI=1S/C18H25NO4S2/c1-13(18(21)19-14-7-9-15(22-2)10-8-14)23-17(20)6-4-3-5-16-11-12-24-25-16/h7-10,13,16H,3-6,11-12H2,1-2H3,(H,19,21)/t13-,16+/m1/s1. The van der Waals surface area contributed by atoms with Crippen LogP contribution in [0.4, 0.5) is 5.69 Å². The molecular formula is C18H25NO4S2. The number of benzene rings is 1. The van der Waals surface area contributed by atoms with Crippen molar-refractivity contribution in [2.45, 2.75) is 50.4 Å². The first-order valence-electron chi connectivity index (χ1n) is 8.51. The second-order valence-electron chi connectivity index (χ2n) is 5.92. The second-order valence-corrected chi connectivity index (χ2v) is 8.71. The smallest absolute Gasteiger partial charge is 0.306 e. The number of unbranched alkanes of at least 4 members (excludes halogenated alkanes) is 1. The van der Waals surface area contributed by atoms with Crippen LogP contribution in [0.5, 0.6) is 5.75 Å². The van der Waals surface area contributed by atoms with E-state index in [9.17, 15) is 9.59 Å². The van der Waals surface area contributed by atoms with E-state index in [-0.39, 0.29) is 11.9 Å². The molecule has 0 saturated carbocycles. The van der Waals surface area contributed by atoms with Crippen LogP contribution < -0.4 is 10.1 Å². The minimum atomic E-state index is -0.809. The van der Waals surface area contributed by atoms with Gasteiger partial charge in [0.25, 0.3) is 5.91 Å². The third-order valence-electron chi connectivity index (χ3n) is 3.92. The molecule has 1 fully saturated rings. The number of nitrogens with one attached hydrogen (secondary N) is 1. The zero-order valence-corrected chi connectivity index (χ0v) is 16.3. The van der Waals surface area contributed by atoms with Crippen LogP contribution in [0, 0.1) is 0 Å². The van der Waals surface area contributed by atoms with Gasteiger partial charge in [0.15, 0.2) is 6.10 Å². The number of esters is 1. The van der Waals surface area contributed by atoms with Crippen molar-refractivity contribution >= 4 is 39.2 Å². The fourth-order valence-corrected chi connectivity index (χ4v) is 5.46. The predicted octanol–water partition coefficient (Wildman–Crippen LogP) is 4.28. The van der Waals surface area contributed by atoms with E-state index in [2.05, 4.69) is 5.32 Å². The van der Waals surface area contributed by atoms with Crippen LogP contribution in [-0.2, 0) is 14.3 Å². The molecule has 0 aromatic heterocycles. The van der Waals surface area contributed by atoms with E-state index in [1.165, 1.54) is 12.2 Å². The highest BCUT2D eigenvalue weighted by atomic mass is 33.1. The number of rotatable bonds is 9. The minimum absolute atomic E-state index is 0.314. The lowest BCUT2D eigenvalue weighted by Crippen LogP contribution is -2.29. The van der Waals surface area contributed by atoms with Crippen molar-refractivity contribution < 1.29 is 19.1 Å². The molecule has 0 radical (unpaired) electrons. The zero-order valence-electron chi connectivity index (χ0n) is 14.7. The number of anilines is 1. The number of hydrogen-bond donors (Lipinski definition) is 1. The number of methoxy groups -OCH3 is 1. The second kappa shape index (κ2) is 10.6. The molecule has 1 saturated heterocycles. The maximum atomic E-state index is 12.1. The molecule has 2 rings (SSSR count). The summed E-state index contributed by atoms with van der Waals surface area (Å²) < 4.78 is 10.3. The van der Waals surface area contributed by atoms with Crippen LogP contribution in [0.2, 0.25) is 0 Å². The predicted molar refractivity (Wildman–Crippen MR) is 104 cm³/mol. The van der Waals surface area contributed by atoms with Crippen LogP contribution in [0.25, 0.3) is 0 Å². The van der Waals surface area contributed by atoms with Gasteiger partial charge >= 0.3 is 5.97 Å². The van der Waals surface area contributed by atoms with Gasteiger partial charge in [0.1, 0.15) is 5.75 Å². The van der Waals surface area contributed by atoms with E-state index in [0.29, 0.717) is 17.9 Å². The lowest BCUT2D eigenvalue weighted by Gasteiger charge is -2.14. The average Bonchev–Trinajstić information content (AvgIpc) is 3.12. The summed E-state index contributed by atoms with van der Waals surface area (Å²) in [5.41, 5.74) is 0.639. The lowest BCUT2D eigenvalue weighted by atomic mass is 10.1. The van der Waals surface area contributed by atoms with Crippen LogP contribution in [0.3, 0.4) is 0 Å². The molecule has 1 aliphatic heterocycles. The average molecular weight is 384 g/mol. The molecule has 1 N–H and O–H groups in total. The fourth-order valence-electron chi connectivity index (χ4n) is 2.43. The number of amides is 1. The summed E-state index contributed by atoms with van der Waals surface area (Å²) in [4.78, 5) is 23.9. The van der Waals surface area contributed by atoms with Gasteiger partial charge in [-0.25, -0.2) is 0 Å². The minimum Gasteiger partial charge on any atom is -0.497 e. The van der Waals surface area contributed by atoms with Crippen molar-refractivity contribution in [3.63, 3.8) is 0 Å². The Hall–Kier alpha value is -1.34. The van der Waals surface area contributed by atoms with Gasteiger partial charge in [0.2, 0.25) is 0 Å². The molecule has 1 aromatic rings. The lowest BCUT2D eigenvalue weighted by molar-refractivity contribution is -0.153. The third kappa shape index (κ3) is 7.20. The first kappa shape index (κ1) is 20.0. The number of carbonyl (C=O) groups excluding carboxylic acids is 2. The maximum Gasteiger partial charge on any atom is 0.306 e. The van der Waals surface area contributed by atoms with Crippen molar-refractivity contribution in [3.8, 4) is 5.75 Å². The summed E-state index contributed by atoms with van der Waals surface area (Å²) in [6.07, 6.45) is 3.81. The van der Waals surface area contributed by atoms with Gasteiger partial charge in [0, 0.05) is 23.1 Å². The summed E-state index contributed by atoms with van der Waals surface area (Å²) >= 11 is 0. The Bertz CT molecular complexity index is 559. The zero-order chi connectivity index (χ0) is 18.1. The molecule has 1 heterocycles. The molecule has 0 aliphatic carbocycles. The first-order valence-corrected chi connectivity index (χ1v) is 10.9. The summed E-state index contributed by atoms with van der Waals surface area (Å²) in [7, 11) is 5.48. The third-order valence-corrected chi connectivity index (χ3v) is 6.93. The van der Waals surface area contributed by atoms with Gasteiger partial charge < -0.3 is 14.8 Å². The van der Waals surface area contributed by atoms with Crippen LogP contribution in [0.1, 0.15) is 39.0 Å². The van der Waals surface area contributed by atoms with Crippen molar-refractivity contribution in [2.24, 2.45) is 0 Å². The highest BCUT2D eigenvalue weighted by Crippen LogP contribution is 2.39. The van der Waals surface area contributed by atoms with Gasteiger partial charge in [-0.2, -0.15) is 0 Å². The molecule has 25 heavy (non-hydrogen) atoms. The summed E-state index contributed by atoms with van der Waals surface area (Å²) in [5, 5.41) is 3.46. The van der Waals surface area contributed by atoms with Crippen LogP contribution >= 0.6 is 21.6 Å². The van der Waals surface area contributed by atoms with Gasteiger partial charge in [-0.3, -0.25) is 9.59 Å². The molecule has 7 heteroatoms. The van der Waals surface area contributed by atoms with E-state index < -0.39 is 6.10 Å². The molecule has 2 atom stereocenters. The summed E-state index contributed by atoms with van der Waals surface area (Å²) in [5.74, 6) is 1.30. The van der Waals surface area contributed by atoms with E-state index in [4.69, 9.17) is 9.47 Å². The number of ether oxygens (including phenoxy) is 2. The summed E-state index contributed by atoms with van der Waals surface area (Å²) in [6, 6.07) is 7.00. The Balaban J connectivity index is 1.63. The van der Waals surface area contributed by atoms with Crippen molar-refractivity contribution in [3.05, 3.63) is 24.3 Å². The molecule has 5 nitrogen and oxygen atoms in total. The Morgan fingerprint density at radius 3 is 2.68 bits per heavy atom. The quantitative estimate of drug-likeness (QED) is 0.390. The van der Waals surface area contributed by atoms with Crippen LogP contribution in [-0.4, -0.2) is 36.1 Å². The van der Waals surface area contributed by atoms with Gasteiger partial charge in [0.05, 0.1) is 7.11 Å². The van der Waals surface area contributed by atoms with Gasteiger partial charge in [-0.15, -0.1) is 0 Å². The molecule has 1 amide bonds. The molecule has 1 aliphatic rings. The molecular weight excluding hydrogens is 358 g/mol. The van der Waals surface area contributed by atoms with E-state index in [1.54, 1.807) is 38.3 Å². The Labute approximate surface area is 157 Å². The van der Waals surface area contributed by atoms with E-state index in [0.717, 1.165) is 24.5 Å². The molecule has 0 unspecified atom stereocenters. The van der Waals surface area contributed by atoms with Gasteiger partial charge in [-0.05, 0) is 50.5 Å². The van der Waals surface area contributed by atoms with Crippen molar-refractivity contribution in [2.75, 3.05) is 18.2 Å². The van der Waals surface area contributed by atoms with E-state index >= 15 is 0 Å². The largest absolute Gasteiger partial charge is 0.497 e. The monoisotopic (exact) mass is 383 g/mol. The van der Waals surface area contributed by atoms with E-state index in [1.807, 2.05) is 21.6 Å². The normalized spacial score (nSPS) is 17.8. The molecule has 138 valence electrons.